The van der Waals surface area contributed by atoms with Crippen LogP contribution in [0.15, 0.2) is 35.3 Å². The summed E-state index contributed by atoms with van der Waals surface area (Å²) in [6, 6.07) is 3.98. The number of hydrazine groups is 1. The smallest absolute Gasteiger partial charge is 0.137 e. The zero-order valence-electron chi connectivity index (χ0n) is 10.3. The van der Waals surface area contributed by atoms with Crippen LogP contribution in [0.1, 0.15) is 30.5 Å². The van der Waals surface area contributed by atoms with Crippen molar-refractivity contribution in [2.45, 2.75) is 19.4 Å². The van der Waals surface area contributed by atoms with E-state index in [4.69, 9.17) is 10.6 Å². The van der Waals surface area contributed by atoms with Gasteiger partial charge in [0.1, 0.15) is 5.75 Å². The zero-order chi connectivity index (χ0) is 12.8. The van der Waals surface area contributed by atoms with Gasteiger partial charge in [-0.3, -0.25) is 10.8 Å². The number of nitrogens with zero attached hydrogens (tertiary/aromatic N) is 1. The van der Waals surface area contributed by atoms with Crippen molar-refractivity contribution in [3.05, 3.63) is 46.4 Å². The highest BCUT2D eigenvalue weighted by Crippen LogP contribution is 2.25. The first-order chi connectivity index (χ1) is 8.85. The van der Waals surface area contributed by atoms with Crippen LogP contribution in [0, 0.1) is 0 Å². The van der Waals surface area contributed by atoms with Gasteiger partial charge in [-0.05, 0) is 40.4 Å². The van der Waals surface area contributed by atoms with Gasteiger partial charge in [-0.25, -0.2) is 5.43 Å². The van der Waals surface area contributed by atoms with E-state index in [1.54, 1.807) is 23.7 Å². The van der Waals surface area contributed by atoms with Crippen LogP contribution in [0.5, 0.6) is 5.75 Å². The van der Waals surface area contributed by atoms with Gasteiger partial charge in [0.15, 0.2) is 0 Å². The monoisotopic (exact) mass is 263 g/mol. The number of hydrogen-bond acceptors (Lipinski definition) is 5. The highest BCUT2D eigenvalue weighted by atomic mass is 32.1. The molecule has 0 aromatic carbocycles. The maximum Gasteiger partial charge on any atom is 0.137 e. The number of hydrogen-bond donors (Lipinski definition) is 2. The van der Waals surface area contributed by atoms with Crippen molar-refractivity contribution in [3.63, 3.8) is 0 Å². The average Bonchev–Trinajstić information content (AvgIpc) is 2.92. The number of nitrogens with two attached hydrogens (primary N) is 1. The Balaban J connectivity index is 2.20. The Kier molecular flexibility index (Phi) is 4.69. The Bertz CT molecular complexity index is 473. The number of thiophene rings is 1. The molecule has 0 aliphatic heterocycles. The van der Waals surface area contributed by atoms with E-state index in [0.29, 0.717) is 6.61 Å². The van der Waals surface area contributed by atoms with Gasteiger partial charge in [0.2, 0.25) is 0 Å². The summed E-state index contributed by atoms with van der Waals surface area (Å²) in [6.07, 6.45) is 4.51. The van der Waals surface area contributed by atoms with Crippen LogP contribution in [0.4, 0.5) is 0 Å². The third-order valence-electron chi connectivity index (χ3n) is 2.58. The van der Waals surface area contributed by atoms with Gasteiger partial charge in [0.05, 0.1) is 18.8 Å². The van der Waals surface area contributed by atoms with Crippen LogP contribution in [-0.4, -0.2) is 11.6 Å². The van der Waals surface area contributed by atoms with Crippen molar-refractivity contribution in [1.82, 2.24) is 10.4 Å². The first-order valence-corrected chi connectivity index (χ1v) is 6.85. The van der Waals surface area contributed by atoms with Crippen molar-refractivity contribution >= 4 is 11.3 Å². The van der Waals surface area contributed by atoms with E-state index in [1.807, 2.05) is 11.4 Å². The fraction of sp³-hybridized carbons (Fsp3) is 0.308. The molecule has 2 aromatic heterocycles. The lowest BCUT2D eigenvalue weighted by molar-refractivity contribution is 0.315. The van der Waals surface area contributed by atoms with Gasteiger partial charge in [-0.1, -0.05) is 6.92 Å². The summed E-state index contributed by atoms with van der Waals surface area (Å²) in [7, 11) is 0. The molecule has 0 aliphatic rings. The molecule has 2 heterocycles. The largest absolute Gasteiger partial charge is 0.492 e. The van der Waals surface area contributed by atoms with E-state index in [0.717, 1.165) is 23.3 Å². The Labute approximate surface area is 111 Å². The SMILES string of the molecule is CCCOc1cncc(C(NN)c2ccsc2)c1. The van der Waals surface area contributed by atoms with Gasteiger partial charge in [-0.2, -0.15) is 11.3 Å². The molecular formula is C13H17N3OS. The number of ether oxygens (including phenoxy) is 1. The molecule has 0 saturated carbocycles. The first kappa shape index (κ1) is 13.0. The minimum absolute atomic E-state index is 0.0473. The van der Waals surface area contributed by atoms with Crippen LogP contribution in [0.2, 0.25) is 0 Å². The summed E-state index contributed by atoms with van der Waals surface area (Å²) in [4.78, 5) is 4.20. The number of aromatic nitrogens is 1. The van der Waals surface area contributed by atoms with Crippen LogP contribution in [0.3, 0.4) is 0 Å². The van der Waals surface area contributed by atoms with Crippen LogP contribution in [0.25, 0.3) is 0 Å². The molecule has 1 atom stereocenters. The summed E-state index contributed by atoms with van der Waals surface area (Å²) in [5.41, 5.74) is 4.96. The molecule has 0 bridgehead atoms. The molecule has 0 fully saturated rings. The highest BCUT2D eigenvalue weighted by molar-refractivity contribution is 7.08. The fourth-order valence-corrected chi connectivity index (χ4v) is 2.40. The van der Waals surface area contributed by atoms with Crippen LogP contribution < -0.4 is 16.0 Å². The standard InChI is InChI=1S/C13H17N3OS/c1-2-4-17-12-6-11(7-15-8-12)13(16-14)10-3-5-18-9-10/h3,5-9,13,16H,2,4,14H2,1H3. The summed E-state index contributed by atoms with van der Waals surface area (Å²) < 4.78 is 5.58. The van der Waals surface area contributed by atoms with Gasteiger partial charge >= 0.3 is 0 Å². The Morgan fingerprint density at radius 2 is 2.33 bits per heavy atom. The van der Waals surface area contributed by atoms with Gasteiger partial charge < -0.3 is 4.74 Å². The number of rotatable bonds is 6. The lowest BCUT2D eigenvalue weighted by Crippen LogP contribution is -2.28. The maximum absolute atomic E-state index is 5.63. The second kappa shape index (κ2) is 6.49. The van der Waals surface area contributed by atoms with E-state index >= 15 is 0 Å². The number of nitrogens with one attached hydrogen (secondary N) is 1. The molecule has 2 rings (SSSR count). The molecule has 1 unspecified atom stereocenters. The normalized spacial score (nSPS) is 12.3. The lowest BCUT2D eigenvalue weighted by atomic mass is 10.0. The molecule has 18 heavy (non-hydrogen) atoms. The minimum Gasteiger partial charge on any atom is -0.492 e. The molecule has 4 nitrogen and oxygen atoms in total. The predicted molar refractivity (Wildman–Crippen MR) is 73.5 cm³/mol. The third kappa shape index (κ3) is 3.07. The van der Waals surface area contributed by atoms with Crippen molar-refractivity contribution in [1.29, 1.82) is 0 Å². The molecule has 0 amide bonds. The van der Waals surface area contributed by atoms with Crippen molar-refractivity contribution < 1.29 is 4.74 Å². The van der Waals surface area contributed by atoms with Crippen LogP contribution in [-0.2, 0) is 0 Å². The second-order valence-corrected chi connectivity index (χ2v) is 4.74. The quantitative estimate of drug-likeness (QED) is 0.621. The second-order valence-electron chi connectivity index (χ2n) is 3.96. The number of pyridine rings is 1. The summed E-state index contributed by atoms with van der Waals surface area (Å²) in [5, 5.41) is 4.11. The molecule has 2 aromatic rings. The minimum atomic E-state index is -0.0473. The Hall–Kier alpha value is -1.43. The topological polar surface area (TPSA) is 60.2 Å². The van der Waals surface area contributed by atoms with E-state index in [-0.39, 0.29) is 6.04 Å². The van der Waals surface area contributed by atoms with Gasteiger partial charge in [0, 0.05) is 6.20 Å². The van der Waals surface area contributed by atoms with E-state index < -0.39 is 0 Å². The summed E-state index contributed by atoms with van der Waals surface area (Å²) in [5.74, 6) is 6.41. The molecule has 0 radical (unpaired) electrons. The van der Waals surface area contributed by atoms with E-state index in [2.05, 4.69) is 28.8 Å². The molecule has 0 saturated heterocycles. The molecule has 0 aliphatic carbocycles. The summed E-state index contributed by atoms with van der Waals surface area (Å²) >= 11 is 1.65. The molecule has 3 N–H and O–H groups in total. The summed E-state index contributed by atoms with van der Waals surface area (Å²) in [6.45, 7) is 2.77. The third-order valence-corrected chi connectivity index (χ3v) is 3.29. The first-order valence-electron chi connectivity index (χ1n) is 5.91. The van der Waals surface area contributed by atoms with Gasteiger partial charge in [-0.15, -0.1) is 0 Å². The Morgan fingerprint density at radius 3 is 3.00 bits per heavy atom. The fourth-order valence-electron chi connectivity index (χ4n) is 1.72. The Morgan fingerprint density at radius 1 is 1.44 bits per heavy atom. The van der Waals surface area contributed by atoms with E-state index in [1.165, 1.54) is 0 Å². The zero-order valence-corrected chi connectivity index (χ0v) is 11.1. The lowest BCUT2D eigenvalue weighted by Gasteiger charge is -2.15. The molecule has 0 spiro atoms. The predicted octanol–water partition coefficient (Wildman–Crippen LogP) is 2.48. The highest BCUT2D eigenvalue weighted by Gasteiger charge is 2.13. The average molecular weight is 263 g/mol. The molecule has 5 heteroatoms. The van der Waals surface area contributed by atoms with Gasteiger partial charge in [0.25, 0.3) is 0 Å². The van der Waals surface area contributed by atoms with E-state index in [9.17, 15) is 0 Å². The van der Waals surface area contributed by atoms with Crippen molar-refractivity contribution in [2.75, 3.05) is 6.61 Å². The van der Waals surface area contributed by atoms with Crippen LogP contribution >= 0.6 is 11.3 Å². The van der Waals surface area contributed by atoms with Crippen molar-refractivity contribution in [2.24, 2.45) is 5.84 Å². The van der Waals surface area contributed by atoms with Crippen molar-refractivity contribution in [3.8, 4) is 5.75 Å². The maximum atomic E-state index is 5.63. The molecular weight excluding hydrogens is 246 g/mol. The molecule has 96 valence electrons.